The Labute approximate surface area is 376 Å². The molecule has 4 rings (SSSR count). The number of aromatic nitrogens is 2. The molecule has 356 valence electrons. The number of carbonyl (C=O) groups excluding carboxylic acids is 6. The number of nitrogens with one attached hydrogen (secondary N) is 5. The summed E-state index contributed by atoms with van der Waals surface area (Å²) in [5, 5.41) is 29.9. The van der Waals surface area contributed by atoms with E-state index in [4.69, 9.17) is 22.9 Å². The number of rotatable bonds is 26. The molecule has 0 radical (unpaired) electrons. The molecular weight excluding hydrogens is 847 g/mol. The minimum atomic E-state index is -1.38. The Kier molecular flexibility index (Phi) is 20.1. The van der Waals surface area contributed by atoms with Crippen LogP contribution in [0.3, 0.4) is 0 Å². The van der Waals surface area contributed by atoms with Gasteiger partial charge in [0.15, 0.2) is 5.96 Å². The van der Waals surface area contributed by atoms with Crippen molar-refractivity contribution in [1.29, 1.82) is 0 Å². The quantitative estimate of drug-likeness (QED) is 0.0266. The fourth-order valence-corrected chi connectivity index (χ4v) is 7.90. The lowest BCUT2D eigenvalue weighted by molar-refractivity contribution is -0.145. The highest BCUT2D eigenvalue weighted by Gasteiger charge is 2.42. The lowest BCUT2D eigenvalue weighted by Crippen LogP contribution is -2.59. The molecule has 1 aromatic carbocycles. The predicted molar refractivity (Wildman–Crippen MR) is 235 cm³/mol. The topological polar surface area (TPSA) is 377 Å². The van der Waals surface area contributed by atoms with Crippen LogP contribution >= 0.6 is 0 Å². The summed E-state index contributed by atoms with van der Waals surface area (Å²) in [6, 6.07) is 0.682. The summed E-state index contributed by atoms with van der Waals surface area (Å²) in [6.45, 7) is 0.821. The van der Waals surface area contributed by atoms with Crippen LogP contribution in [0.15, 0.2) is 47.8 Å². The van der Waals surface area contributed by atoms with Crippen LogP contribution in [-0.4, -0.2) is 152 Å². The van der Waals surface area contributed by atoms with Crippen molar-refractivity contribution in [2.75, 3.05) is 26.2 Å². The molecule has 0 bridgehead atoms. The van der Waals surface area contributed by atoms with Crippen LogP contribution in [0.5, 0.6) is 0 Å². The molecule has 0 saturated carbocycles. The van der Waals surface area contributed by atoms with Gasteiger partial charge in [-0.15, -0.1) is 0 Å². The van der Waals surface area contributed by atoms with Crippen molar-refractivity contribution in [3.8, 4) is 0 Å². The molecule has 23 heteroatoms. The second kappa shape index (κ2) is 25.6. The van der Waals surface area contributed by atoms with E-state index in [1.165, 1.54) is 22.3 Å². The number of imidazole rings is 1. The zero-order chi connectivity index (χ0) is 47.5. The number of carboxylic acid groups (broad SMARTS) is 2. The van der Waals surface area contributed by atoms with Crippen LogP contribution in [-0.2, 0) is 51.2 Å². The van der Waals surface area contributed by atoms with Crippen molar-refractivity contribution in [3.63, 3.8) is 0 Å². The van der Waals surface area contributed by atoms with Gasteiger partial charge < -0.3 is 69.2 Å². The van der Waals surface area contributed by atoms with Gasteiger partial charge in [0.25, 0.3) is 0 Å². The molecule has 23 nitrogen and oxygen atoms in total. The maximum absolute atomic E-state index is 14.4. The molecule has 6 amide bonds. The number of unbranched alkanes of at least 4 members (excludes halogenated alkanes) is 1. The van der Waals surface area contributed by atoms with E-state index in [2.05, 4.69) is 36.2 Å². The highest BCUT2D eigenvalue weighted by molar-refractivity contribution is 5.97. The average molecular weight is 910 g/mol. The van der Waals surface area contributed by atoms with Gasteiger partial charge in [-0.05, 0) is 76.3 Å². The number of hydrogen-bond acceptors (Lipinski definition) is 12. The van der Waals surface area contributed by atoms with Crippen LogP contribution in [0.25, 0.3) is 0 Å². The first-order chi connectivity index (χ1) is 31.1. The van der Waals surface area contributed by atoms with Gasteiger partial charge >= 0.3 is 11.9 Å². The second-order valence-electron chi connectivity index (χ2n) is 16.2. The maximum atomic E-state index is 14.4. The SMILES string of the molecule is NCCCC[C@H](NC(=O)[C@H](CCC(=O)O)NC(=O)[C@@H](N)CCCN=C(N)N)C(=O)N1CCC[C@H]1C(=O)N[C@@H](Cc1ccccc1)C(=O)N1CCC[C@H]1C(=O)N[C@@H](Cc1cnc[nH]1)C(=O)O. The number of likely N-dealkylation sites (tertiary alicyclic amines) is 2. The number of aliphatic imine (C=N–C) groups is 1. The first-order valence-electron chi connectivity index (χ1n) is 21.9. The molecule has 7 atom stereocenters. The number of carboxylic acids is 2. The summed E-state index contributed by atoms with van der Waals surface area (Å²) >= 11 is 0. The van der Waals surface area contributed by atoms with Crippen LogP contribution in [0, 0.1) is 0 Å². The van der Waals surface area contributed by atoms with Gasteiger partial charge in [-0.1, -0.05) is 30.3 Å². The Balaban J connectivity index is 1.51. The number of H-pyrrole nitrogens is 1. The Morgan fingerprint density at radius 2 is 1.37 bits per heavy atom. The number of amides is 6. The van der Waals surface area contributed by atoms with Gasteiger partial charge in [0.05, 0.1) is 12.4 Å². The lowest BCUT2D eigenvalue weighted by Gasteiger charge is -2.32. The van der Waals surface area contributed by atoms with E-state index in [0.717, 1.165) is 0 Å². The summed E-state index contributed by atoms with van der Waals surface area (Å²) < 4.78 is 0. The minimum Gasteiger partial charge on any atom is -0.481 e. The summed E-state index contributed by atoms with van der Waals surface area (Å²) in [4.78, 5) is 120. The lowest BCUT2D eigenvalue weighted by atomic mass is 10.0. The normalized spacial score (nSPS) is 18.1. The molecule has 2 saturated heterocycles. The predicted octanol–water partition coefficient (Wildman–Crippen LogP) is -2.42. The fourth-order valence-electron chi connectivity index (χ4n) is 7.90. The first kappa shape index (κ1) is 51.0. The van der Waals surface area contributed by atoms with E-state index < -0.39 is 96.1 Å². The number of nitrogens with zero attached hydrogens (tertiary/aromatic N) is 4. The van der Waals surface area contributed by atoms with E-state index in [1.54, 1.807) is 30.3 Å². The summed E-state index contributed by atoms with van der Waals surface area (Å²) in [6.07, 6.45) is 4.87. The molecular formula is C42H63N13O10. The van der Waals surface area contributed by atoms with E-state index in [9.17, 15) is 48.6 Å². The summed E-state index contributed by atoms with van der Waals surface area (Å²) in [5.74, 6) is -6.62. The van der Waals surface area contributed by atoms with E-state index >= 15 is 0 Å². The highest BCUT2D eigenvalue weighted by atomic mass is 16.4. The molecule has 15 N–H and O–H groups in total. The average Bonchev–Trinajstić information content (AvgIpc) is 4.09. The van der Waals surface area contributed by atoms with E-state index in [0.29, 0.717) is 49.9 Å². The molecule has 1 aromatic heterocycles. The van der Waals surface area contributed by atoms with Crippen LogP contribution in [0.2, 0.25) is 0 Å². The van der Waals surface area contributed by atoms with Crippen LogP contribution in [0.1, 0.15) is 81.9 Å². The molecule has 2 aliphatic heterocycles. The van der Waals surface area contributed by atoms with Crippen LogP contribution < -0.4 is 44.2 Å². The number of benzene rings is 1. The summed E-state index contributed by atoms with van der Waals surface area (Å²) in [5.41, 5.74) is 23.7. The largest absolute Gasteiger partial charge is 0.481 e. The molecule has 2 aliphatic rings. The van der Waals surface area contributed by atoms with Crippen LogP contribution in [0.4, 0.5) is 0 Å². The van der Waals surface area contributed by atoms with Crippen molar-refractivity contribution >= 4 is 53.3 Å². The molecule has 0 aliphatic carbocycles. The van der Waals surface area contributed by atoms with Crippen molar-refractivity contribution < 1.29 is 48.6 Å². The highest BCUT2D eigenvalue weighted by Crippen LogP contribution is 2.23. The standard InChI is InChI=1S/C42H63N13O10/c43-17-5-4-12-29(51-36(59)28(15-16-34(56)57)50-35(58)27(44)11-6-18-48-42(45)46)39(62)54-19-7-13-32(54)37(60)52-30(21-25-9-2-1-3-10-25)40(63)55-20-8-14-33(55)38(61)53-31(41(64)65)22-26-23-47-24-49-26/h1-3,9-10,23-24,27-33H,4-8,11-22,43-44H2,(H,47,49)(H,50,58)(H,51,59)(H,52,60)(H,53,61)(H,56,57)(H,64,65)(H4,45,46,48)/t27-,28-,29-,30-,31-,32-,33-/m0/s1. The molecule has 2 aromatic rings. The molecule has 0 spiro atoms. The van der Waals surface area contributed by atoms with Gasteiger partial charge in [0, 0.05) is 50.8 Å². The third-order valence-electron chi connectivity index (χ3n) is 11.3. The third kappa shape index (κ3) is 15.8. The van der Waals surface area contributed by atoms with Gasteiger partial charge in [0.1, 0.15) is 36.3 Å². The zero-order valence-corrected chi connectivity index (χ0v) is 36.4. The molecule has 3 heterocycles. The van der Waals surface area contributed by atoms with Gasteiger partial charge in [-0.25, -0.2) is 9.78 Å². The van der Waals surface area contributed by atoms with E-state index in [1.807, 2.05) is 0 Å². The summed E-state index contributed by atoms with van der Waals surface area (Å²) in [7, 11) is 0. The molecule has 2 fully saturated rings. The molecule has 65 heavy (non-hydrogen) atoms. The number of nitrogens with two attached hydrogens (primary N) is 4. The maximum Gasteiger partial charge on any atom is 0.326 e. The van der Waals surface area contributed by atoms with Crippen molar-refractivity contribution in [2.45, 2.75) is 126 Å². The van der Waals surface area contributed by atoms with Gasteiger partial charge in [0.2, 0.25) is 35.4 Å². The first-order valence-corrected chi connectivity index (χ1v) is 21.9. The Bertz CT molecular complexity index is 1960. The van der Waals surface area contributed by atoms with Crippen molar-refractivity contribution in [3.05, 3.63) is 54.1 Å². The second-order valence-corrected chi connectivity index (χ2v) is 16.2. The van der Waals surface area contributed by atoms with Crippen molar-refractivity contribution in [1.82, 2.24) is 41.0 Å². The van der Waals surface area contributed by atoms with E-state index in [-0.39, 0.29) is 70.5 Å². The number of carbonyl (C=O) groups is 8. The Morgan fingerprint density at radius 3 is 1.94 bits per heavy atom. The Morgan fingerprint density at radius 1 is 0.754 bits per heavy atom. The Hall–Kier alpha value is -6.62. The van der Waals surface area contributed by atoms with Crippen molar-refractivity contribution in [2.24, 2.45) is 27.9 Å². The fraction of sp³-hybridized carbons (Fsp3) is 0.571. The zero-order valence-electron chi connectivity index (χ0n) is 36.4. The van der Waals surface area contributed by atoms with Gasteiger partial charge in [-0.3, -0.25) is 38.6 Å². The number of guanidine groups is 1. The number of hydrogen-bond donors (Lipinski definition) is 11. The molecule has 0 unspecified atom stereocenters. The smallest absolute Gasteiger partial charge is 0.326 e. The van der Waals surface area contributed by atoms with Gasteiger partial charge in [-0.2, -0.15) is 0 Å². The number of aliphatic carboxylic acids is 2. The number of aromatic amines is 1. The minimum absolute atomic E-state index is 0.0373. The monoisotopic (exact) mass is 909 g/mol. The third-order valence-corrected chi connectivity index (χ3v) is 11.3.